The molecule has 0 bridgehead atoms. The van der Waals surface area contributed by atoms with Gasteiger partial charge in [-0.25, -0.2) is 14.4 Å². The number of amides is 1. The van der Waals surface area contributed by atoms with Crippen LogP contribution in [-0.2, 0) is 11.3 Å². The number of ether oxygens (including phenoxy) is 2. The quantitative estimate of drug-likeness (QED) is 0.229. The van der Waals surface area contributed by atoms with Crippen molar-refractivity contribution < 1.29 is 18.7 Å². The molecule has 0 fully saturated rings. The molecule has 184 valence electrons. The van der Waals surface area contributed by atoms with Gasteiger partial charge in [-0.1, -0.05) is 6.07 Å². The van der Waals surface area contributed by atoms with Gasteiger partial charge in [0.05, 0.1) is 19.2 Å². The first-order chi connectivity index (χ1) is 16.6. The van der Waals surface area contributed by atoms with E-state index >= 15 is 0 Å². The lowest BCUT2D eigenvalue weighted by Crippen LogP contribution is -2.19. The molecule has 1 amide bonds. The smallest absolute Gasteiger partial charge is 0.246 e. The number of nitrogens with one attached hydrogen (secondary N) is 2. The number of anilines is 3. The van der Waals surface area contributed by atoms with Gasteiger partial charge in [0.25, 0.3) is 0 Å². The zero-order valence-corrected chi connectivity index (χ0v) is 20.3. The minimum Gasteiger partial charge on any atom is -0.493 e. The van der Waals surface area contributed by atoms with Gasteiger partial charge in [-0.3, -0.25) is 9.48 Å². The predicted octanol–water partition coefficient (Wildman–Crippen LogP) is 4.79. The highest BCUT2D eigenvalue weighted by Crippen LogP contribution is 2.34. The van der Waals surface area contributed by atoms with Crippen LogP contribution >= 0.6 is 24.0 Å². The molecule has 0 aliphatic heterocycles. The second-order valence-corrected chi connectivity index (χ2v) is 7.59. The molecule has 0 spiro atoms. The predicted molar refractivity (Wildman–Crippen MR) is 135 cm³/mol. The van der Waals surface area contributed by atoms with Crippen LogP contribution in [0.3, 0.4) is 0 Å². The fourth-order valence-corrected chi connectivity index (χ4v) is 3.33. The highest BCUT2D eigenvalue weighted by atomic mass is 35.5. The molecule has 2 N–H and O–H groups in total. The summed E-state index contributed by atoms with van der Waals surface area (Å²) in [6.07, 6.45) is 3.80. The molecule has 0 aliphatic rings. The second-order valence-electron chi connectivity index (χ2n) is 7.22. The van der Waals surface area contributed by atoms with E-state index in [9.17, 15) is 9.18 Å². The van der Waals surface area contributed by atoms with E-state index in [1.165, 1.54) is 29.2 Å². The monoisotopic (exact) mass is 520 g/mol. The lowest BCUT2D eigenvalue weighted by atomic mass is 10.2. The molecule has 4 rings (SSSR count). The summed E-state index contributed by atoms with van der Waals surface area (Å²) in [6.45, 7) is 0.422. The summed E-state index contributed by atoms with van der Waals surface area (Å²) in [5.74, 6) is 1.86. The van der Waals surface area contributed by atoms with Crippen LogP contribution in [0.15, 0.2) is 55.0 Å². The molecule has 2 aromatic carbocycles. The van der Waals surface area contributed by atoms with E-state index in [4.69, 9.17) is 21.1 Å². The normalized spacial score (nSPS) is 10.5. The first-order valence-electron chi connectivity index (χ1n) is 10.4. The third kappa shape index (κ3) is 6.71. The van der Waals surface area contributed by atoms with Crippen LogP contribution in [0, 0.1) is 5.82 Å². The summed E-state index contributed by atoms with van der Waals surface area (Å²) in [5, 5.41) is 10.9. The number of methoxy groups -OCH3 is 1. The fourth-order valence-electron chi connectivity index (χ4n) is 3.22. The zero-order valence-electron chi connectivity index (χ0n) is 18.7. The Kier molecular flexibility index (Phi) is 9.04. The maximum absolute atomic E-state index is 13.3. The average Bonchev–Trinajstić information content (AvgIpc) is 3.25. The highest BCUT2D eigenvalue weighted by Gasteiger charge is 2.13. The number of rotatable bonds is 10. The van der Waals surface area contributed by atoms with E-state index in [0.717, 1.165) is 0 Å². The van der Waals surface area contributed by atoms with Crippen molar-refractivity contribution in [1.82, 2.24) is 19.7 Å². The number of carbonyl (C=O) groups is 1. The van der Waals surface area contributed by atoms with Gasteiger partial charge >= 0.3 is 0 Å². The third-order valence-corrected chi connectivity index (χ3v) is 5.02. The van der Waals surface area contributed by atoms with Crippen LogP contribution < -0.4 is 20.1 Å². The lowest BCUT2D eigenvalue weighted by molar-refractivity contribution is -0.116. The second kappa shape index (κ2) is 12.2. The van der Waals surface area contributed by atoms with Crippen molar-refractivity contribution in [2.45, 2.75) is 13.0 Å². The van der Waals surface area contributed by atoms with Crippen molar-refractivity contribution in [3.05, 3.63) is 60.8 Å². The Bertz CT molecular complexity index is 1300. The average molecular weight is 521 g/mol. The topological polar surface area (TPSA) is 103 Å². The van der Waals surface area contributed by atoms with E-state index in [-0.39, 0.29) is 24.9 Å². The summed E-state index contributed by atoms with van der Waals surface area (Å²) in [5.41, 5.74) is 1.04. The molecule has 0 atom stereocenters. The number of nitrogens with zero attached hydrogens (tertiary/aromatic N) is 4. The van der Waals surface area contributed by atoms with Gasteiger partial charge in [-0.15, -0.1) is 24.0 Å². The van der Waals surface area contributed by atoms with Gasteiger partial charge in [0.15, 0.2) is 17.3 Å². The van der Waals surface area contributed by atoms with Crippen molar-refractivity contribution in [1.29, 1.82) is 0 Å². The molecule has 35 heavy (non-hydrogen) atoms. The highest BCUT2D eigenvalue weighted by molar-refractivity contribution is 6.17. The number of hydrogen-bond acceptors (Lipinski definition) is 7. The molecule has 12 heteroatoms. The summed E-state index contributed by atoms with van der Waals surface area (Å²) in [7, 11) is 1.56. The molecule has 0 saturated carbocycles. The van der Waals surface area contributed by atoms with Crippen LogP contribution in [0.1, 0.15) is 6.42 Å². The lowest BCUT2D eigenvalue weighted by Gasteiger charge is -2.13. The molecular weight excluding hydrogens is 498 g/mol. The molecule has 0 unspecified atom stereocenters. The summed E-state index contributed by atoms with van der Waals surface area (Å²) in [4.78, 5) is 20.9. The van der Waals surface area contributed by atoms with Gasteiger partial charge in [-0.05, 0) is 30.7 Å². The minimum atomic E-state index is -0.425. The van der Waals surface area contributed by atoms with E-state index < -0.39 is 5.82 Å². The van der Waals surface area contributed by atoms with Crippen LogP contribution in [0.5, 0.6) is 11.5 Å². The van der Waals surface area contributed by atoms with E-state index in [1.54, 1.807) is 37.6 Å². The largest absolute Gasteiger partial charge is 0.493 e. The minimum absolute atomic E-state index is 0. The molecular formula is C23H23Cl2FN6O3. The van der Waals surface area contributed by atoms with Gasteiger partial charge in [-0.2, -0.15) is 5.10 Å². The van der Waals surface area contributed by atoms with Gasteiger partial charge < -0.3 is 20.1 Å². The Hall–Kier alpha value is -3.63. The molecule has 0 aliphatic carbocycles. The molecule has 9 nitrogen and oxygen atoms in total. The number of alkyl halides is 1. The van der Waals surface area contributed by atoms with Crippen LogP contribution in [0.2, 0.25) is 0 Å². The van der Waals surface area contributed by atoms with Gasteiger partial charge in [0, 0.05) is 35.3 Å². The Labute approximate surface area is 212 Å². The van der Waals surface area contributed by atoms with E-state index in [2.05, 4.69) is 25.7 Å². The van der Waals surface area contributed by atoms with Crippen LogP contribution in [-0.4, -0.2) is 45.3 Å². The van der Waals surface area contributed by atoms with Crippen molar-refractivity contribution in [2.75, 3.05) is 30.2 Å². The molecule has 4 aromatic rings. The summed E-state index contributed by atoms with van der Waals surface area (Å²) < 4.78 is 26.0. The Morgan fingerprint density at radius 1 is 1.17 bits per heavy atom. The molecule has 2 aromatic heterocycles. The number of fused-ring (bicyclic) bond motifs is 1. The van der Waals surface area contributed by atoms with Crippen molar-refractivity contribution >= 4 is 58.1 Å². The van der Waals surface area contributed by atoms with Gasteiger partial charge in [0.2, 0.25) is 5.91 Å². The number of benzene rings is 2. The van der Waals surface area contributed by atoms with Crippen LogP contribution in [0.4, 0.5) is 21.7 Å². The Morgan fingerprint density at radius 3 is 2.80 bits per heavy atom. The Balaban J connectivity index is 0.00000342. The standard InChI is InChI=1S/C23H22ClFN6O3.ClH/c1-33-19-11-17-18(12-20(19)34-9-3-7-24)26-14-27-23(17)29-21-6-8-31(30-21)13-22(32)28-16-5-2-4-15(25)10-16;/h2,4-6,8,10-12,14H,3,7,9,13H2,1H3,(H,28,32)(H,26,27,29,30);1H. The summed E-state index contributed by atoms with van der Waals surface area (Å²) in [6, 6.07) is 11.0. The SMILES string of the molecule is COc1cc2c(Nc3ccn(CC(=O)Nc4cccc(F)c4)n3)ncnc2cc1OCCCCl.Cl. The first kappa shape index (κ1) is 26.0. The van der Waals surface area contributed by atoms with Gasteiger partial charge in [0.1, 0.15) is 24.5 Å². The fraction of sp³-hybridized carbons (Fsp3) is 0.217. The van der Waals surface area contributed by atoms with Crippen molar-refractivity contribution in [2.24, 2.45) is 0 Å². The maximum Gasteiger partial charge on any atom is 0.246 e. The van der Waals surface area contributed by atoms with E-state index in [1.807, 2.05) is 0 Å². The Morgan fingerprint density at radius 2 is 2.03 bits per heavy atom. The number of halogens is 3. The maximum atomic E-state index is 13.3. The van der Waals surface area contributed by atoms with Crippen molar-refractivity contribution in [3.63, 3.8) is 0 Å². The number of carbonyl (C=O) groups excluding carboxylic acids is 1. The number of aromatic nitrogens is 4. The first-order valence-corrected chi connectivity index (χ1v) is 11.0. The van der Waals surface area contributed by atoms with Crippen molar-refractivity contribution in [3.8, 4) is 11.5 Å². The molecule has 2 heterocycles. The third-order valence-electron chi connectivity index (χ3n) is 4.76. The summed E-state index contributed by atoms with van der Waals surface area (Å²) >= 11 is 5.72. The molecule has 0 saturated heterocycles. The molecule has 0 radical (unpaired) electrons. The van der Waals surface area contributed by atoms with Crippen LogP contribution in [0.25, 0.3) is 10.9 Å². The van der Waals surface area contributed by atoms with E-state index in [0.29, 0.717) is 58.6 Å². The number of hydrogen-bond donors (Lipinski definition) is 2. The zero-order chi connectivity index (χ0) is 23.9.